The molecule has 0 aliphatic rings. The number of unbranched alkanes of at least 4 members (excludes halogenated alkanes) is 3. The minimum absolute atomic E-state index is 0. The average molecular weight is 697 g/mol. The molecular formula is C42H52N10. The fraction of sp³-hybridized carbons (Fsp3) is 0.333. The van der Waals surface area contributed by atoms with E-state index in [0.29, 0.717) is 0 Å². The van der Waals surface area contributed by atoms with Crippen LogP contribution in [0, 0.1) is 13.8 Å². The van der Waals surface area contributed by atoms with Crippen molar-refractivity contribution in [2.24, 2.45) is 0 Å². The summed E-state index contributed by atoms with van der Waals surface area (Å²) in [5.74, 6) is 1.76. The molecule has 0 saturated carbocycles. The second-order valence-corrected chi connectivity index (χ2v) is 13.4. The number of nitrogens with one attached hydrogen (secondary N) is 6. The van der Waals surface area contributed by atoms with Crippen LogP contribution < -0.4 is 10.6 Å². The van der Waals surface area contributed by atoms with Gasteiger partial charge in [-0.25, -0.2) is 19.9 Å². The van der Waals surface area contributed by atoms with E-state index in [1.54, 1.807) is 0 Å². The SMILES string of the molecule is C.CCCCCNCc1ccc2[nH]c(-c3ccnc4nc(C)[nH]c34)cc2c1.CCCCNCc1ccc2[nH]c(-c3ccnc4nc(C)[nH]c34)cc2c1. The van der Waals surface area contributed by atoms with Gasteiger partial charge in [-0.05, 0) is 99.4 Å². The molecule has 0 saturated heterocycles. The Morgan fingerprint density at radius 1 is 0.558 bits per heavy atom. The summed E-state index contributed by atoms with van der Waals surface area (Å²) in [5, 5.41) is 9.49. The second kappa shape index (κ2) is 16.8. The van der Waals surface area contributed by atoms with Crippen molar-refractivity contribution in [2.45, 2.75) is 80.3 Å². The normalized spacial score (nSPS) is 11.4. The van der Waals surface area contributed by atoms with Gasteiger partial charge >= 0.3 is 0 Å². The number of H-pyrrole nitrogens is 4. The lowest BCUT2D eigenvalue weighted by Gasteiger charge is -2.04. The van der Waals surface area contributed by atoms with Crippen molar-refractivity contribution in [3.05, 3.63) is 95.8 Å². The minimum Gasteiger partial charge on any atom is -0.354 e. The molecule has 6 N–H and O–H groups in total. The van der Waals surface area contributed by atoms with Crippen molar-refractivity contribution in [2.75, 3.05) is 13.1 Å². The van der Waals surface area contributed by atoms with Crippen molar-refractivity contribution < 1.29 is 0 Å². The van der Waals surface area contributed by atoms with E-state index in [4.69, 9.17) is 0 Å². The summed E-state index contributed by atoms with van der Waals surface area (Å²) in [7, 11) is 0. The highest BCUT2D eigenvalue weighted by molar-refractivity contribution is 5.95. The third kappa shape index (κ3) is 8.25. The molecule has 270 valence electrons. The van der Waals surface area contributed by atoms with Crippen molar-refractivity contribution in [1.82, 2.24) is 50.5 Å². The summed E-state index contributed by atoms with van der Waals surface area (Å²) in [6.45, 7) is 12.3. The summed E-state index contributed by atoms with van der Waals surface area (Å²) in [5.41, 5.74) is 12.8. The van der Waals surface area contributed by atoms with E-state index in [2.05, 4.69) is 113 Å². The van der Waals surface area contributed by atoms with Gasteiger partial charge < -0.3 is 30.6 Å². The number of hydrogen-bond acceptors (Lipinski definition) is 6. The zero-order valence-corrected chi connectivity index (χ0v) is 30.1. The van der Waals surface area contributed by atoms with Crippen LogP contribution in [0.4, 0.5) is 0 Å². The molecule has 10 heteroatoms. The fourth-order valence-corrected chi connectivity index (χ4v) is 6.64. The average Bonchev–Trinajstić information content (AvgIpc) is 3.93. The lowest BCUT2D eigenvalue weighted by molar-refractivity contribution is 0.617. The predicted octanol–water partition coefficient (Wildman–Crippen LogP) is 9.63. The van der Waals surface area contributed by atoms with Crippen LogP contribution in [0.2, 0.25) is 0 Å². The van der Waals surface area contributed by atoms with Crippen LogP contribution in [0.1, 0.15) is 76.2 Å². The molecule has 2 aromatic carbocycles. The van der Waals surface area contributed by atoms with Crippen molar-refractivity contribution in [1.29, 1.82) is 0 Å². The molecule has 0 bridgehead atoms. The first-order chi connectivity index (χ1) is 25.0. The molecule has 8 aromatic rings. The first kappa shape index (κ1) is 36.5. The number of imidazole rings is 2. The van der Waals surface area contributed by atoms with E-state index < -0.39 is 0 Å². The topological polar surface area (TPSA) is 139 Å². The summed E-state index contributed by atoms with van der Waals surface area (Å²) >= 11 is 0. The Morgan fingerprint density at radius 2 is 1.04 bits per heavy atom. The lowest BCUT2D eigenvalue weighted by Crippen LogP contribution is -2.14. The van der Waals surface area contributed by atoms with E-state index in [-0.39, 0.29) is 7.43 Å². The molecule has 6 heterocycles. The van der Waals surface area contributed by atoms with Gasteiger partial charge in [0.2, 0.25) is 0 Å². The number of hydrogen-bond donors (Lipinski definition) is 6. The van der Waals surface area contributed by atoms with Crippen LogP contribution >= 0.6 is 0 Å². The smallest absolute Gasteiger partial charge is 0.178 e. The van der Waals surface area contributed by atoms with Crippen molar-refractivity contribution in [3.63, 3.8) is 0 Å². The van der Waals surface area contributed by atoms with Crippen molar-refractivity contribution in [3.8, 4) is 22.5 Å². The Labute approximate surface area is 305 Å². The van der Waals surface area contributed by atoms with E-state index in [1.807, 2.05) is 38.4 Å². The molecular weight excluding hydrogens is 645 g/mol. The number of pyridine rings is 2. The second-order valence-electron chi connectivity index (χ2n) is 13.4. The van der Waals surface area contributed by atoms with Crippen LogP contribution in [-0.2, 0) is 13.1 Å². The Kier molecular flexibility index (Phi) is 11.8. The summed E-state index contributed by atoms with van der Waals surface area (Å²) in [4.78, 5) is 31.2. The molecule has 0 fully saturated rings. The molecule has 0 radical (unpaired) electrons. The van der Waals surface area contributed by atoms with Crippen molar-refractivity contribution >= 4 is 44.1 Å². The van der Waals surface area contributed by atoms with Gasteiger partial charge in [-0.3, -0.25) is 0 Å². The fourth-order valence-electron chi connectivity index (χ4n) is 6.64. The van der Waals surface area contributed by atoms with Gasteiger partial charge in [0, 0.05) is 69.8 Å². The monoisotopic (exact) mass is 696 g/mol. The molecule has 10 nitrogen and oxygen atoms in total. The zero-order chi connectivity index (χ0) is 35.2. The third-order valence-corrected chi connectivity index (χ3v) is 9.29. The van der Waals surface area contributed by atoms with Crippen LogP contribution in [0.3, 0.4) is 0 Å². The van der Waals surface area contributed by atoms with E-state index >= 15 is 0 Å². The van der Waals surface area contributed by atoms with Gasteiger partial charge in [0.05, 0.1) is 11.0 Å². The Hall–Kier alpha value is -5.32. The Bertz CT molecular complexity index is 2370. The first-order valence-electron chi connectivity index (χ1n) is 18.3. The quantitative estimate of drug-likeness (QED) is 0.0664. The Morgan fingerprint density at radius 3 is 1.52 bits per heavy atom. The van der Waals surface area contributed by atoms with Gasteiger partial charge in [0.15, 0.2) is 11.3 Å². The summed E-state index contributed by atoms with van der Waals surface area (Å²) in [6, 6.07) is 21.7. The number of rotatable bonds is 13. The Balaban J connectivity index is 0.000000175. The van der Waals surface area contributed by atoms with E-state index in [0.717, 1.165) is 93.7 Å². The van der Waals surface area contributed by atoms with Crippen LogP contribution in [-0.4, -0.2) is 53.0 Å². The van der Waals surface area contributed by atoms with Crippen LogP contribution in [0.5, 0.6) is 0 Å². The highest BCUT2D eigenvalue weighted by atomic mass is 15.0. The standard InChI is InChI=1S/C21H25N5.C20H23N5.CH4/c1-3-4-5-9-22-13-15-6-7-18-16(11-15)12-19(26-18)17-8-10-23-21-20(17)24-14(2)25-21;1-3-4-8-21-12-14-5-6-17-15(10-14)11-18(25-17)16-7-9-22-20-19(16)23-13(2)24-20;/h6-8,10-12,22,26H,3-5,9,13H2,1-2H3,(H,23,24,25);5-7,9-11,21,25H,3-4,8,12H2,1-2H3,(H,22,23,24);1H4. The number of aromatic nitrogens is 8. The number of nitrogens with zero attached hydrogens (tertiary/aromatic N) is 4. The highest BCUT2D eigenvalue weighted by Gasteiger charge is 2.12. The van der Waals surface area contributed by atoms with Gasteiger partial charge in [-0.15, -0.1) is 0 Å². The molecule has 0 unspecified atom stereocenters. The zero-order valence-electron chi connectivity index (χ0n) is 30.1. The van der Waals surface area contributed by atoms with Gasteiger partial charge in [0.25, 0.3) is 0 Å². The summed E-state index contributed by atoms with van der Waals surface area (Å²) < 4.78 is 0. The van der Waals surface area contributed by atoms with E-state index in [1.165, 1.54) is 54.0 Å². The summed E-state index contributed by atoms with van der Waals surface area (Å²) in [6.07, 6.45) is 9.87. The minimum atomic E-state index is 0. The predicted molar refractivity (Wildman–Crippen MR) is 216 cm³/mol. The maximum Gasteiger partial charge on any atom is 0.178 e. The maximum atomic E-state index is 4.43. The van der Waals surface area contributed by atoms with Gasteiger partial charge in [-0.2, -0.15) is 0 Å². The van der Waals surface area contributed by atoms with Gasteiger partial charge in [-0.1, -0.05) is 52.7 Å². The molecule has 0 aliphatic carbocycles. The largest absolute Gasteiger partial charge is 0.354 e. The third-order valence-electron chi connectivity index (χ3n) is 9.29. The molecule has 52 heavy (non-hydrogen) atoms. The number of aryl methyl sites for hydroxylation is 2. The van der Waals surface area contributed by atoms with Gasteiger partial charge in [0.1, 0.15) is 11.6 Å². The first-order valence-corrected chi connectivity index (χ1v) is 18.3. The molecule has 8 rings (SSSR count). The maximum absolute atomic E-state index is 4.43. The number of benzene rings is 2. The lowest BCUT2D eigenvalue weighted by atomic mass is 10.1. The molecule has 0 aliphatic heterocycles. The van der Waals surface area contributed by atoms with E-state index in [9.17, 15) is 0 Å². The molecule has 6 aromatic heterocycles. The number of fused-ring (bicyclic) bond motifs is 4. The van der Waals surface area contributed by atoms with Crippen LogP contribution in [0.15, 0.2) is 73.1 Å². The highest BCUT2D eigenvalue weighted by Crippen LogP contribution is 2.30. The molecule has 0 spiro atoms. The number of aromatic amines is 4. The molecule has 0 amide bonds. The van der Waals surface area contributed by atoms with Crippen LogP contribution in [0.25, 0.3) is 66.6 Å². The molecule has 0 atom stereocenters.